The topological polar surface area (TPSA) is 67.4 Å². The Labute approximate surface area is 116 Å². The quantitative estimate of drug-likeness (QED) is 0.745. The van der Waals surface area contributed by atoms with Gasteiger partial charge in [-0.15, -0.1) is 0 Å². The molecule has 0 saturated heterocycles. The van der Waals surface area contributed by atoms with E-state index >= 15 is 0 Å². The van der Waals surface area contributed by atoms with E-state index in [1.54, 1.807) is 18.2 Å². The first kappa shape index (κ1) is 15.3. The Kier molecular flexibility index (Phi) is 5.90. The minimum Gasteiger partial charge on any atom is -0.495 e. The van der Waals surface area contributed by atoms with Gasteiger partial charge in [0.25, 0.3) is 0 Å². The summed E-state index contributed by atoms with van der Waals surface area (Å²) in [5.74, 6) is 0.626. The lowest BCUT2D eigenvalue weighted by molar-refractivity contribution is 0.412. The lowest BCUT2D eigenvalue weighted by Gasteiger charge is -2.10. The monoisotopic (exact) mass is 336 g/mol. The molecule has 18 heavy (non-hydrogen) atoms. The van der Waals surface area contributed by atoms with Crippen LogP contribution in [0.4, 0.5) is 5.69 Å². The van der Waals surface area contributed by atoms with Gasteiger partial charge in [-0.05, 0) is 34.6 Å². The van der Waals surface area contributed by atoms with Crippen molar-refractivity contribution < 1.29 is 13.2 Å². The second-order valence-electron chi connectivity index (χ2n) is 3.62. The standard InChI is InChI=1S/C11H17BrN2O3S/c1-3-13-6-7-18(15,16)14-9-4-5-10(12)11(8-9)17-2/h4-5,8,13-14H,3,6-7H2,1-2H3. The maximum absolute atomic E-state index is 11.8. The van der Waals surface area contributed by atoms with Crippen molar-refractivity contribution >= 4 is 31.6 Å². The van der Waals surface area contributed by atoms with Crippen LogP contribution < -0.4 is 14.8 Å². The molecule has 5 nitrogen and oxygen atoms in total. The first-order valence-electron chi connectivity index (χ1n) is 5.53. The van der Waals surface area contributed by atoms with Crippen molar-refractivity contribution in [3.63, 3.8) is 0 Å². The van der Waals surface area contributed by atoms with E-state index in [0.717, 1.165) is 11.0 Å². The summed E-state index contributed by atoms with van der Waals surface area (Å²) in [7, 11) is -1.80. The molecule has 0 spiro atoms. The zero-order valence-corrected chi connectivity index (χ0v) is 12.8. The van der Waals surface area contributed by atoms with E-state index in [-0.39, 0.29) is 5.75 Å². The Balaban J connectivity index is 2.72. The molecule has 0 aliphatic carbocycles. The van der Waals surface area contributed by atoms with Crippen LogP contribution in [0.25, 0.3) is 0 Å². The molecule has 0 atom stereocenters. The first-order chi connectivity index (χ1) is 8.48. The molecule has 0 bridgehead atoms. The van der Waals surface area contributed by atoms with E-state index in [9.17, 15) is 8.42 Å². The van der Waals surface area contributed by atoms with Crippen LogP contribution in [0.1, 0.15) is 6.92 Å². The lowest BCUT2D eigenvalue weighted by atomic mass is 10.3. The molecule has 0 aliphatic rings. The highest BCUT2D eigenvalue weighted by Crippen LogP contribution is 2.28. The molecule has 0 heterocycles. The van der Waals surface area contributed by atoms with Gasteiger partial charge in [0.05, 0.1) is 23.0 Å². The third kappa shape index (κ3) is 4.83. The largest absolute Gasteiger partial charge is 0.495 e. The zero-order valence-electron chi connectivity index (χ0n) is 10.4. The van der Waals surface area contributed by atoms with E-state index in [1.807, 2.05) is 6.92 Å². The van der Waals surface area contributed by atoms with Crippen molar-refractivity contribution in [3.05, 3.63) is 22.7 Å². The number of benzene rings is 1. The fraction of sp³-hybridized carbons (Fsp3) is 0.455. The van der Waals surface area contributed by atoms with Crippen molar-refractivity contribution in [2.45, 2.75) is 6.92 Å². The molecule has 7 heteroatoms. The van der Waals surface area contributed by atoms with E-state index in [0.29, 0.717) is 18.0 Å². The average Bonchev–Trinajstić information content (AvgIpc) is 2.31. The Hall–Kier alpha value is -0.790. The smallest absolute Gasteiger partial charge is 0.233 e. The van der Waals surface area contributed by atoms with Crippen molar-refractivity contribution in [1.82, 2.24) is 5.32 Å². The van der Waals surface area contributed by atoms with Crippen LogP contribution in [-0.2, 0) is 10.0 Å². The molecular formula is C11H17BrN2O3S. The highest BCUT2D eigenvalue weighted by molar-refractivity contribution is 9.10. The first-order valence-corrected chi connectivity index (χ1v) is 7.97. The van der Waals surface area contributed by atoms with Crippen LogP contribution in [0, 0.1) is 0 Å². The second-order valence-corrected chi connectivity index (χ2v) is 6.32. The Morgan fingerprint density at radius 2 is 2.11 bits per heavy atom. The maximum Gasteiger partial charge on any atom is 0.233 e. The van der Waals surface area contributed by atoms with Crippen LogP contribution >= 0.6 is 15.9 Å². The molecule has 0 unspecified atom stereocenters. The van der Waals surface area contributed by atoms with Gasteiger partial charge in [0.2, 0.25) is 10.0 Å². The number of methoxy groups -OCH3 is 1. The van der Waals surface area contributed by atoms with Gasteiger partial charge in [-0.1, -0.05) is 6.92 Å². The summed E-state index contributed by atoms with van der Waals surface area (Å²) in [6, 6.07) is 5.05. The van der Waals surface area contributed by atoms with Gasteiger partial charge in [-0.25, -0.2) is 8.42 Å². The maximum atomic E-state index is 11.8. The number of hydrogen-bond acceptors (Lipinski definition) is 4. The van der Waals surface area contributed by atoms with Gasteiger partial charge in [-0.2, -0.15) is 0 Å². The van der Waals surface area contributed by atoms with E-state index in [1.165, 1.54) is 7.11 Å². The van der Waals surface area contributed by atoms with Gasteiger partial charge in [0.15, 0.2) is 0 Å². The number of ether oxygens (including phenoxy) is 1. The molecule has 1 aromatic carbocycles. The number of nitrogens with one attached hydrogen (secondary N) is 2. The van der Waals surface area contributed by atoms with Crippen molar-refractivity contribution in [3.8, 4) is 5.75 Å². The second kappa shape index (κ2) is 6.96. The summed E-state index contributed by atoms with van der Waals surface area (Å²) in [4.78, 5) is 0. The van der Waals surface area contributed by atoms with Crippen LogP contribution in [-0.4, -0.2) is 34.4 Å². The molecular weight excluding hydrogens is 320 g/mol. The molecule has 1 aromatic rings. The molecule has 2 N–H and O–H groups in total. The molecule has 0 fully saturated rings. The minimum absolute atomic E-state index is 0.0409. The van der Waals surface area contributed by atoms with Crippen LogP contribution in [0.2, 0.25) is 0 Å². The third-order valence-electron chi connectivity index (χ3n) is 2.22. The summed E-state index contributed by atoms with van der Waals surface area (Å²) >= 11 is 3.31. The average molecular weight is 337 g/mol. The molecule has 0 aliphatic heterocycles. The number of sulfonamides is 1. The minimum atomic E-state index is -3.33. The number of anilines is 1. The van der Waals surface area contributed by atoms with Gasteiger partial charge < -0.3 is 10.1 Å². The summed E-state index contributed by atoms with van der Waals surface area (Å²) < 4.78 is 31.9. The SMILES string of the molecule is CCNCCS(=O)(=O)Nc1ccc(Br)c(OC)c1. The Morgan fingerprint density at radius 3 is 2.72 bits per heavy atom. The highest BCUT2D eigenvalue weighted by Gasteiger charge is 2.11. The normalized spacial score (nSPS) is 11.3. The lowest BCUT2D eigenvalue weighted by Crippen LogP contribution is -2.26. The van der Waals surface area contributed by atoms with E-state index in [2.05, 4.69) is 26.0 Å². The van der Waals surface area contributed by atoms with Crippen LogP contribution in [0.3, 0.4) is 0 Å². The Bertz CT molecular complexity index is 491. The molecule has 0 saturated carbocycles. The Morgan fingerprint density at radius 1 is 1.39 bits per heavy atom. The summed E-state index contributed by atoms with van der Waals surface area (Å²) in [5.41, 5.74) is 0.492. The van der Waals surface area contributed by atoms with E-state index < -0.39 is 10.0 Å². The molecule has 0 radical (unpaired) electrons. The molecule has 102 valence electrons. The third-order valence-corrected chi connectivity index (χ3v) is 4.17. The van der Waals surface area contributed by atoms with Crippen molar-refractivity contribution in [2.24, 2.45) is 0 Å². The fourth-order valence-corrected chi connectivity index (χ4v) is 2.75. The summed E-state index contributed by atoms with van der Waals surface area (Å²) in [5, 5.41) is 2.97. The predicted molar refractivity (Wildman–Crippen MR) is 76.6 cm³/mol. The van der Waals surface area contributed by atoms with Crippen LogP contribution in [0.5, 0.6) is 5.75 Å². The molecule has 0 aromatic heterocycles. The van der Waals surface area contributed by atoms with Gasteiger partial charge in [0, 0.05) is 12.6 Å². The molecule has 0 amide bonds. The van der Waals surface area contributed by atoms with Crippen molar-refractivity contribution in [2.75, 3.05) is 30.7 Å². The fourth-order valence-electron chi connectivity index (χ4n) is 1.34. The highest BCUT2D eigenvalue weighted by atomic mass is 79.9. The van der Waals surface area contributed by atoms with Crippen molar-refractivity contribution in [1.29, 1.82) is 0 Å². The zero-order chi connectivity index (χ0) is 13.6. The summed E-state index contributed by atoms with van der Waals surface area (Å²) in [6.45, 7) is 3.11. The number of hydrogen-bond donors (Lipinski definition) is 2. The van der Waals surface area contributed by atoms with Gasteiger partial charge in [-0.3, -0.25) is 4.72 Å². The molecule has 1 rings (SSSR count). The van der Waals surface area contributed by atoms with Crippen LogP contribution in [0.15, 0.2) is 22.7 Å². The number of halogens is 1. The van der Waals surface area contributed by atoms with Gasteiger partial charge in [0.1, 0.15) is 5.75 Å². The summed E-state index contributed by atoms with van der Waals surface area (Å²) in [6.07, 6.45) is 0. The number of rotatable bonds is 7. The predicted octanol–water partition coefficient (Wildman–Crippen LogP) is 1.81. The van der Waals surface area contributed by atoms with Gasteiger partial charge >= 0.3 is 0 Å². The van der Waals surface area contributed by atoms with E-state index in [4.69, 9.17) is 4.74 Å².